The Labute approximate surface area is 109 Å². The van der Waals surface area contributed by atoms with Crippen LogP contribution < -0.4 is 15.8 Å². The maximum absolute atomic E-state index is 12.0. The first-order valence-electron chi connectivity index (χ1n) is 5.61. The Morgan fingerprint density at radius 2 is 2.32 bits per heavy atom. The third kappa shape index (κ3) is 3.01. The van der Waals surface area contributed by atoms with Crippen molar-refractivity contribution < 1.29 is 14.1 Å². The number of aromatic nitrogens is 2. The van der Waals surface area contributed by atoms with E-state index in [2.05, 4.69) is 15.5 Å². The predicted molar refractivity (Wildman–Crippen MR) is 67.6 cm³/mol. The second-order valence-electron chi connectivity index (χ2n) is 3.87. The number of carbonyl (C=O) groups is 1. The highest BCUT2D eigenvalue weighted by Crippen LogP contribution is 2.21. The van der Waals surface area contributed by atoms with Gasteiger partial charge in [-0.3, -0.25) is 4.79 Å². The van der Waals surface area contributed by atoms with Crippen molar-refractivity contribution in [2.24, 2.45) is 0 Å². The second-order valence-corrected chi connectivity index (χ2v) is 3.87. The van der Waals surface area contributed by atoms with E-state index in [0.29, 0.717) is 28.7 Å². The number of anilines is 1. The standard InChI is InChI=1S/C12H14N4O3/c1-7-15-11(16-19-7)6-14-12(17)9-4-3-8(13)5-10(9)18-2/h3-5H,6,13H2,1-2H3,(H,14,17). The quantitative estimate of drug-likeness (QED) is 0.793. The van der Waals surface area contributed by atoms with Gasteiger partial charge in [-0.25, -0.2) is 0 Å². The molecule has 7 nitrogen and oxygen atoms in total. The first-order chi connectivity index (χ1) is 9.10. The molecule has 0 saturated carbocycles. The average molecular weight is 262 g/mol. The van der Waals surface area contributed by atoms with Gasteiger partial charge in [0.2, 0.25) is 5.89 Å². The molecular weight excluding hydrogens is 248 g/mol. The zero-order valence-electron chi connectivity index (χ0n) is 10.6. The molecule has 0 aliphatic rings. The summed E-state index contributed by atoms with van der Waals surface area (Å²) in [4.78, 5) is 16.0. The lowest BCUT2D eigenvalue weighted by Gasteiger charge is -2.08. The summed E-state index contributed by atoms with van der Waals surface area (Å²) < 4.78 is 9.92. The van der Waals surface area contributed by atoms with Gasteiger partial charge in [0.15, 0.2) is 5.82 Å². The van der Waals surface area contributed by atoms with Gasteiger partial charge in [-0.15, -0.1) is 0 Å². The van der Waals surface area contributed by atoms with Crippen LogP contribution in [0, 0.1) is 6.92 Å². The van der Waals surface area contributed by atoms with Crippen LogP contribution in [0.15, 0.2) is 22.7 Å². The van der Waals surface area contributed by atoms with Gasteiger partial charge in [-0.05, 0) is 12.1 Å². The van der Waals surface area contributed by atoms with E-state index in [4.69, 9.17) is 15.0 Å². The number of nitrogen functional groups attached to an aromatic ring is 1. The van der Waals surface area contributed by atoms with Crippen LogP contribution >= 0.6 is 0 Å². The van der Waals surface area contributed by atoms with Gasteiger partial charge >= 0.3 is 0 Å². The van der Waals surface area contributed by atoms with E-state index in [1.807, 2.05) is 0 Å². The number of nitrogens with zero attached hydrogens (tertiary/aromatic N) is 2. The molecule has 7 heteroatoms. The van der Waals surface area contributed by atoms with Gasteiger partial charge in [0.1, 0.15) is 5.75 Å². The molecule has 0 aliphatic carbocycles. The van der Waals surface area contributed by atoms with E-state index in [9.17, 15) is 4.79 Å². The van der Waals surface area contributed by atoms with E-state index in [1.165, 1.54) is 7.11 Å². The number of methoxy groups -OCH3 is 1. The van der Waals surface area contributed by atoms with Crippen LogP contribution in [-0.4, -0.2) is 23.2 Å². The number of carbonyl (C=O) groups excluding carboxylic acids is 1. The Bertz CT molecular complexity index is 594. The van der Waals surface area contributed by atoms with Gasteiger partial charge in [0.05, 0.1) is 19.2 Å². The molecule has 0 fully saturated rings. The van der Waals surface area contributed by atoms with Crippen molar-refractivity contribution in [3.63, 3.8) is 0 Å². The number of amides is 1. The number of nitrogens with two attached hydrogens (primary N) is 1. The van der Waals surface area contributed by atoms with Crippen molar-refractivity contribution in [1.82, 2.24) is 15.5 Å². The third-order valence-electron chi connectivity index (χ3n) is 2.45. The lowest BCUT2D eigenvalue weighted by atomic mass is 10.1. The highest BCUT2D eigenvalue weighted by molar-refractivity contribution is 5.97. The summed E-state index contributed by atoms with van der Waals surface area (Å²) in [6, 6.07) is 4.83. The van der Waals surface area contributed by atoms with Crippen molar-refractivity contribution in [3.8, 4) is 5.75 Å². The van der Waals surface area contributed by atoms with Crippen molar-refractivity contribution in [1.29, 1.82) is 0 Å². The third-order valence-corrected chi connectivity index (χ3v) is 2.45. The minimum atomic E-state index is -0.292. The maximum atomic E-state index is 12.0. The van der Waals surface area contributed by atoms with Crippen LogP contribution in [0.2, 0.25) is 0 Å². The fraction of sp³-hybridized carbons (Fsp3) is 0.250. The van der Waals surface area contributed by atoms with Crippen LogP contribution in [0.4, 0.5) is 5.69 Å². The summed E-state index contributed by atoms with van der Waals surface area (Å²) in [6.45, 7) is 1.87. The molecule has 0 saturated heterocycles. The molecule has 1 heterocycles. The van der Waals surface area contributed by atoms with Crippen molar-refractivity contribution in [3.05, 3.63) is 35.5 Å². The summed E-state index contributed by atoms with van der Waals surface area (Å²) in [6.07, 6.45) is 0. The van der Waals surface area contributed by atoms with Crippen molar-refractivity contribution >= 4 is 11.6 Å². The Kier molecular flexibility index (Phi) is 3.65. The fourth-order valence-electron chi connectivity index (χ4n) is 1.56. The van der Waals surface area contributed by atoms with Gasteiger partial charge in [0, 0.05) is 18.7 Å². The Balaban J connectivity index is 2.07. The number of aryl methyl sites for hydroxylation is 1. The molecule has 0 radical (unpaired) electrons. The summed E-state index contributed by atoms with van der Waals surface area (Å²) in [5.74, 6) is 0.996. The largest absolute Gasteiger partial charge is 0.496 e. The Morgan fingerprint density at radius 3 is 2.95 bits per heavy atom. The van der Waals surface area contributed by atoms with Crippen LogP contribution in [-0.2, 0) is 6.54 Å². The van der Waals surface area contributed by atoms with E-state index in [-0.39, 0.29) is 12.5 Å². The predicted octanol–water partition coefficient (Wildman–Crippen LogP) is 0.899. The zero-order valence-corrected chi connectivity index (χ0v) is 10.6. The molecule has 0 spiro atoms. The molecule has 0 aliphatic heterocycles. The van der Waals surface area contributed by atoms with Gasteiger partial charge in [-0.1, -0.05) is 5.16 Å². The van der Waals surface area contributed by atoms with Crippen LogP contribution in [0.1, 0.15) is 22.1 Å². The number of rotatable bonds is 4. The molecule has 1 aromatic carbocycles. The molecule has 100 valence electrons. The first-order valence-corrected chi connectivity index (χ1v) is 5.61. The lowest BCUT2D eigenvalue weighted by molar-refractivity contribution is 0.0946. The second kappa shape index (κ2) is 5.38. The van der Waals surface area contributed by atoms with E-state index < -0.39 is 0 Å². The molecule has 0 bridgehead atoms. The molecule has 0 unspecified atom stereocenters. The topological polar surface area (TPSA) is 103 Å². The molecule has 1 aromatic heterocycles. The summed E-state index contributed by atoms with van der Waals surface area (Å²) in [5.41, 5.74) is 6.56. The molecule has 19 heavy (non-hydrogen) atoms. The minimum Gasteiger partial charge on any atom is -0.496 e. The van der Waals surface area contributed by atoms with Crippen LogP contribution in [0.5, 0.6) is 5.75 Å². The number of hydrogen-bond acceptors (Lipinski definition) is 6. The molecule has 1 amide bonds. The van der Waals surface area contributed by atoms with Crippen LogP contribution in [0.3, 0.4) is 0 Å². The van der Waals surface area contributed by atoms with E-state index in [1.54, 1.807) is 25.1 Å². The highest BCUT2D eigenvalue weighted by Gasteiger charge is 2.13. The molecule has 0 atom stereocenters. The number of benzene rings is 1. The Morgan fingerprint density at radius 1 is 1.53 bits per heavy atom. The Hall–Kier alpha value is -2.57. The summed E-state index contributed by atoms with van der Waals surface area (Å²) in [7, 11) is 1.48. The molecule has 2 aromatic rings. The van der Waals surface area contributed by atoms with Crippen molar-refractivity contribution in [2.45, 2.75) is 13.5 Å². The summed E-state index contributed by atoms with van der Waals surface area (Å²) in [5, 5.41) is 6.36. The average Bonchev–Trinajstić information content (AvgIpc) is 2.81. The molecule has 2 rings (SSSR count). The van der Waals surface area contributed by atoms with Gasteiger partial charge in [-0.2, -0.15) is 4.98 Å². The van der Waals surface area contributed by atoms with Gasteiger partial charge in [0.25, 0.3) is 5.91 Å². The SMILES string of the molecule is COc1cc(N)ccc1C(=O)NCc1noc(C)n1. The monoisotopic (exact) mass is 262 g/mol. The van der Waals surface area contributed by atoms with Gasteiger partial charge < -0.3 is 20.3 Å². The van der Waals surface area contributed by atoms with E-state index >= 15 is 0 Å². The summed E-state index contributed by atoms with van der Waals surface area (Å²) >= 11 is 0. The zero-order chi connectivity index (χ0) is 13.8. The lowest BCUT2D eigenvalue weighted by Crippen LogP contribution is -2.24. The maximum Gasteiger partial charge on any atom is 0.255 e. The first kappa shape index (κ1) is 12.9. The van der Waals surface area contributed by atoms with Crippen LogP contribution in [0.25, 0.3) is 0 Å². The minimum absolute atomic E-state index is 0.184. The highest BCUT2D eigenvalue weighted by atomic mass is 16.5. The number of ether oxygens (including phenoxy) is 1. The van der Waals surface area contributed by atoms with E-state index in [0.717, 1.165) is 0 Å². The van der Waals surface area contributed by atoms with Crippen molar-refractivity contribution in [2.75, 3.05) is 12.8 Å². The smallest absolute Gasteiger partial charge is 0.255 e. The number of nitrogens with one attached hydrogen (secondary N) is 1. The molecular formula is C12H14N4O3. The molecule has 3 N–H and O–H groups in total. The normalized spacial score (nSPS) is 10.2. The number of hydrogen-bond donors (Lipinski definition) is 2. The fourth-order valence-corrected chi connectivity index (χ4v) is 1.56.